The van der Waals surface area contributed by atoms with Crippen LogP contribution in [0.1, 0.15) is 33.6 Å². The first-order valence-corrected chi connectivity index (χ1v) is 7.92. The van der Waals surface area contributed by atoms with E-state index in [0.29, 0.717) is 30.0 Å². The van der Waals surface area contributed by atoms with E-state index in [1.807, 2.05) is 18.7 Å². The maximum atomic E-state index is 6.01. The second-order valence-electron chi connectivity index (χ2n) is 4.32. The van der Waals surface area contributed by atoms with E-state index in [2.05, 4.69) is 29.1 Å². The lowest BCUT2D eigenvalue weighted by Gasteiger charge is -2.16. The fraction of sp³-hybridized carbons (Fsp3) is 0.692. The smallest absolute Gasteiger partial charge is 0.242 e. The molecule has 0 saturated carbocycles. The summed E-state index contributed by atoms with van der Waals surface area (Å²) in [6.45, 7) is 6.96. The van der Waals surface area contributed by atoms with Crippen LogP contribution < -0.4 is 15.8 Å². The number of rotatable bonds is 9. The van der Waals surface area contributed by atoms with Gasteiger partial charge in [0.15, 0.2) is 5.82 Å². The van der Waals surface area contributed by atoms with Crippen molar-refractivity contribution in [1.82, 2.24) is 9.97 Å². The van der Waals surface area contributed by atoms with Crippen molar-refractivity contribution in [1.29, 1.82) is 0 Å². The summed E-state index contributed by atoms with van der Waals surface area (Å²) in [4.78, 5) is 8.24. The minimum Gasteiger partial charge on any atom is -0.476 e. The number of aromatic nitrogens is 2. The molecule has 1 unspecified atom stereocenters. The molecule has 6 heteroatoms. The Morgan fingerprint density at radius 1 is 1.42 bits per heavy atom. The topological polar surface area (TPSA) is 73.1 Å². The first-order chi connectivity index (χ1) is 9.19. The van der Waals surface area contributed by atoms with Crippen molar-refractivity contribution >= 4 is 23.3 Å². The zero-order valence-electron chi connectivity index (χ0n) is 12.0. The summed E-state index contributed by atoms with van der Waals surface area (Å²) in [5, 5.41) is 3.32. The molecule has 1 heterocycles. The summed E-state index contributed by atoms with van der Waals surface area (Å²) in [6.07, 6.45) is 3.49. The van der Waals surface area contributed by atoms with E-state index in [1.165, 1.54) is 6.33 Å². The van der Waals surface area contributed by atoms with Gasteiger partial charge in [0.2, 0.25) is 5.88 Å². The standard InChI is InChI=1S/C13H24N4OS/c1-4-7-18-13-11(14)12(15-9-16-13)17-10(3)6-8-19-5-2/h9-10H,4-8,14H2,1-3H3,(H,15,16,17). The molecule has 0 bridgehead atoms. The van der Waals surface area contributed by atoms with Crippen LogP contribution in [0.2, 0.25) is 0 Å². The van der Waals surface area contributed by atoms with E-state index in [1.54, 1.807) is 0 Å². The van der Waals surface area contributed by atoms with Crippen molar-refractivity contribution in [2.75, 3.05) is 29.2 Å². The van der Waals surface area contributed by atoms with Crippen LogP contribution in [0.15, 0.2) is 6.33 Å². The van der Waals surface area contributed by atoms with Gasteiger partial charge >= 0.3 is 0 Å². The Balaban J connectivity index is 2.57. The molecule has 0 saturated heterocycles. The fourth-order valence-corrected chi connectivity index (χ4v) is 2.33. The van der Waals surface area contributed by atoms with E-state index in [-0.39, 0.29) is 0 Å². The molecule has 108 valence electrons. The van der Waals surface area contributed by atoms with E-state index < -0.39 is 0 Å². The van der Waals surface area contributed by atoms with Crippen molar-refractivity contribution in [3.8, 4) is 5.88 Å². The Morgan fingerprint density at radius 3 is 2.89 bits per heavy atom. The summed E-state index contributed by atoms with van der Waals surface area (Å²) >= 11 is 1.94. The fourth-order valence-electron chi connectivity index (χ4n) is 1.52. The summed E-state index contributed by atoms with van der Waals surface area (Å²) < 4.78 is 5.49. The predicted octanol–water partition coefficient (Wildman–Crippen LogP) is 2.79. The van der Waals surface area contributed by atoms with Crippen molar-refractivity contribution in [2.24, 2.45) is 0 Å². The van der Waals surface area contributed by atoms with Gasteiger partial charge in [-0.3, -0.25) is 0 Å². The average Bonchev–Trinajstić information content (AvgIpc) is 2.40. The Labute approximate surface area is 119 Å². The van der Waals surface area contributed by atoms with Crippen LogP contribution in [0.25, 0.3) is 0 Å². The normalized spacial score (nSPS) is 12.2. The van der Waals surface area contributed by atoms with Crippen LogP contribution in [0.4, 0.5) is 11.5 Å². The third kappa shape index (κ3) is 5.55. The van der Waals surface area contributed by atoms with Gasteiger partial charge in [0, 0.05) is 6.04 Å². The molecule has 0 amide bonds. The molecule has 0 fully saturated rings. The minimum absolute atomic E-state index is 0.329. The SMILES string of the molecule is CCCOc1ncnc(NC(C)CCSCC)c1N. The van der Waals surface area contributed by atoms with Gasteiger partial charge in [0.1, 0.15) is 12.0 Å². The van der Waals surface area contributed by atoms with Crippen molar-refractivity contribution in [3.63, 3.8) is 0 Å². The number of hydrogen-bond acceptors (Lipinski definition) is 6. The Morgan fingerprint density at radius 2 is 2.21 bits per heavy atom. The summed E-state index contributed by atoms with van der Waals surface area (Å²) in [5.41, 5.74) is 6.50. The van der Waals surface area contributed by atoms with Gasteiger partial charge in [0.25, 0.3) is 0 Å². The third-order valence-corrected chi connectivity index (χ3v) is 3.51. The number of thioether (sulfide) groups is 1. The monoisotopic (exact) mass is 284 g/mol. The molecule has 5 nitrogen and oxygen atoms in total. The Hall–Kier alpha value is -1.17. The lowest BCUT2D eigenvalue weighted by Crippen LogP contribution is -2.18. The number of ether oxygens (including phenoxy) is 1. The molecule has 0 aliphatic carbocycles. The molecule has 0 spiro atoms. The number of anilines is 2. The second kappa shape index (κ2) is 8.85. The molecule has 1 aromatic heterocycles. The average molecular weight is 284 g/mol. The highest BCUT2D eigenvalue weighted by atomic mass is 32.2. The Bertz CT molecular complexity index is 376. The van der Waals surface area contributed by atoms with E-state index >= 15 is 0 Å². The third-order valence-electron chi connectivity index (χ3n) is 2.57. The number of hydrogen-bond donors (Lipinski definition) is 2. The number of nitrogens with two attached hydrogens (primary N) is 1. The summed E-state index contributed by atoms with van der Waals surface area (Å²) in [6, 6.07) is 0.329. The summed E-state index contributed by atoms with van der Waals surface area (Å²) in [5.74, 6) is 3.41. The zero-order chi connectivity index (χ0) is 14.1. The Kier molecular flexibility index (Phi) is 7.40. The van der Waals surface area contributed by atoms with Crippen molar-refractivity contribution < 1.29 is 4.74 Å². The van der Waals surface area contributed by atoms with E-state index in [0.717, 1.165) is 24.3 Å². The first-order valence-electron chi connectivity index (χ1n) is 6.76. The largest absolute Gasteiger partial charge is 0.476 e. The molecular weight excluding hydrogens is 260 g/mol. The van der Waals surface area contributed by atoms with Gasteiger partial charge in [-0.15, -0.1) is 0 Å². The maximum Gasteiger partial charge on any atom is 0.242 e. The van der Waals surface area contributed by atoms with Crippen LogP contribution in [0, 0.1) is 0 Å². The zero-order valence-corrected chi connectivity index (χ0v) is 12.8. The highest BCUT2D eigenvalue weighted by molar-refractivity contribution is 7.99. The highest BCUT2D eigenvalue weighted by Gasteiger charge is 2.11. The molecular formula is C13H24N4OS. The molecule has 0 radical (unpaired) electrons. The second-order valence-corrected chi connectivity index (χ2v) is 5.71. The molecule has 0 aromatic carbocycles. The predicted molar refractivity (Wildman–Crippen MR) is 82.9 cm³/mol. The van der Waals surface area contributed by atoms with Crippen LogP contribution >= 0.6 is 11.8 Å². The molecule has 0 aliphatic rings. The maximum absolute atomic E-state index is 6.01. The minimum atomic E-state index is 0.329. The van der Waals surface area contributed by atoms with Crippen LogP contribution in [-0.2, 0) is 0 Å². The van der Waals surface area contributed by atoms with Crippen molar-refractivity contribution in [3.05, 3.63) is 6.33 Å². The number of nitrogen functional groups attached to an aromatic ring is 1. The molecule has 1 aromatic rings. The number of nitrogens with one attached hydrogen (secondary N) is 1. The molecule has 1 rings (SSSR count). The highest BCUT2D eigenvalue weighted by Crippen LogP contribution is 2.25. The van der Waals surface area contributed by atoms with Crippen molar-refractivity contribution in [2.45, 2.75) is 39.7 Å². The van der Waals surface area contributed by atoms with Gasteiger partial charge in [-0.05, 0) is 31.3 Å². The van der Waals surface area contributed by atoms with Crippen LogP contribution in [0.5, 0.6) is 5.88 Å². The summed E-state index contributed by atoms with van der Waals surface area (Å²) in [7, 11) is 0. The van der Waals surface area contributed by atoms with Gasteiger partial charge in [0.05, 0.1) is 6.61 Å². The van der Waals surface area contributed by atoms with Gasteiger partial charge in [-0.25, -0.2) is 4.98 Å². The number of nitrogens with zero attached hydrogens (tertiary/aromatic N) is 2. The molecule has 19 heavy (non-hydrogen) atoms. The molecule has 0 aliphatic heterocycles. The molecule has 3 N–H and O–H groups in total. The molecule has 1 atom stereocenters. The first kappa shape index (κ1) is 15.9. The quantitative estimate of drug-likeness (QED) is 0.679. The van der Waals surface area contributed by atoms with Gasteiger partial charge in [-0.2, -0.15) is 16.7 Å². The lowest BCUT2D eigenvalue weighted by molar-refractivity contribution is 0.306. The van der Waals surface area contributed by atoms with Gasteiger partial charge < -0.3 is 15.8 Å². The van der Waals surface area contributed by atoms with Crippen LogP contribution in [0.3, 0.4) is 0 Å². The van der Waals surface area contributed by atoms with Crippen LogP contribution in [-0.4, -0.2) is 34.1 Å². The lowest BCUT2D eigenvalue weighted by atomic mass is 10.2. The van der Waals surface area contributed by atoms with E-state index in [4.69, 9.17) is 10.5 Å². The van der Waals surface area contributed by atoms with E-state index in [9.17, 15) is 0 Å². The van der Waals surface area contributed by atoms with Gasteiger partial charge in [-0.1, -0.05) is 13.8 Å².